The van der Waals surface area contributed by atoms with Crippen LogP contribution in [-0.4, -0.2) is 68.6 Å². The van der Waals surface area contributed by atoms with Crippen molar-refractivity contribution in [2.75, 3.05) is 26.9 Å². The molecule has 0 unspecified atom stereocenters. The number of hydrogen-bond acceptors (Lipinski definition) is 7. The Morgan fingerprint density at radius 1 is 1.00 bits per heavy atom. The van der Waals surface area contributed by atoms with Crippen LogP contribution in [0.4, 0.5) is 0 Å². The lowest BCUT2D eigenvalue weighted by molar-refractivity contribution is -0.164. The van der Waals surface area contributed by atoms with Crippen LogP contribution in [0.1, 0.15) is 55.4 Å². The second-order valence-electron chi connectivity index (χ2n) is 9.63. The molecule has 0 radical (unpaired) electrons. The smallest absolute Gasteiger partial charge is 0.335 e. The van der Waals surface area contributed by atoms with Gasteiger partial charge in [-0.05, 0) is 27.7 Å². The van der Waals surface area contributed by atoms with E-state index in [0.717, 1.165) is 0 Å². The molecule has 2 fully saturated rings. The second kappa shape index (κ2) is 11.1. The topological polar surface area (TPSA) is 104 Å². The van der Waals surface area contributed by atoms with Crippen molar-refractivity contribution in [3.05, 3.63) is 10.4 Å². The van der Waals surface area contributed by atoms with E-state index in [9.17, 15) is 0 Å². The van der Waals surface area contributed by atoms with Gasteiger partial charge in [-0.15, -0.1) is 0 Å². The highest BCUT2D eigenvalue weighted by molar-refractivity contribution is 6.83. The molecule has 0 bridgehead atoms. The van der Waals surface area contributed by atoms with Gasteiger partial charge in [0.2, 0.25) is 0 Å². The summed E-state index contributed by atoms with van der Waals surface area (Å²) in [5.41, 5.74) is 9.51. The van der Waals surface area contributed by atoms with E-state index < -0.39 is 29.5 Å². The molecular weight excluding hydrogens is 434 g/mol. The molecule has 0 saturated carbocycles. The van der Waals surface area contributed by atoms with Crippen molar-refractivity contribution >= 4 is 17.1 Å². The number of ether oxygens (including phenoxy) is 3. The van der Waals surface area contributed by atoms with Crippen LogP contribution in [0.3, 0.4) is 0 Å². The Balaban J connectivity index is 2.47. The molecule has 0 N–H and O–H groups in total. The average molecular weight is 476 g/mol. The van der Waals surface area contributed by atoms with Crippen LogP contribution in [0.25, 0.3) is 10.4 Å². The SMILES string of the molecule is CO[C@@H]1O[C@@H]2CO[Si](C(C)C)(C(C)C)O[Si](C(C)C)(C(C)C)O[C@H]2[C@H]1OCCN=[N+]=[N-]. The van der Waals surface area contributed by atoms with Crippen LogP contribution in [0, 0.1) is 0 Å². The van der Waals surface area contributed by atoms with Crippen LogP contribution in [-0.2, 0) is 27.2 Å². The molecule has 2 aliphatic rings. The van der Waals surface area contributed by atoms with Crippen molar-refractivity contribution in [2.24, 2.45) is 5.11 Å². The molecule has 11 heteroatoms. The zero-order valence-corrected chi connectivity index (χ0v) is 22.5. The maximum atomic E-state index is 8.55. The third-order valence-electron chi connectivity index (χ3n) is 6.40. The highest BCUT2D eigenvalue weighted by Gasteiger charge is 2.62. The fraction of sp³-hybridized carbons (Fsp3) is 1.00. The van der Waals surface area contributed by atoms with Gasteiger partial charge >= 0.3 is 17.1 Å². The zero-order valence-electron chi connectivity index (χ0n) is 20.5. The molecule has 2 aliphatic heterocycles. The van der Waals surface area contributed by atoms with E-state index >= 15 is 0 Å². The average Bonchev–Trinajstić information content (AvgIpc) is 3.00. The Hall–Kier alpha value is -0.496. The maximum absolute atomic E-state index is 8.55. The highest BCUT2D eigenvalue weighted by Crippen LogP contribution is 2.47. The molecule has 0 amide bonds. The lowest BCUT2D eigenvalue weighted by Crippen LogP contribution is -2.66. The van der Waals surface area contributed by atoms with Gasteiger partial charge in [-0.3, -0.25) is 0 Å². The van der Waals surface area contributed by atoms with Gasteiger partial charge in [0.1, 0.15) is 18.3 Å². The molecule has 2 rings (SSSR count). The van der Waals surface area contributed by atoms with E-state index in [2.05, 4.69) is 65.4 Å². The van der Waals surface area contributed by atoms with Gasteiger partial charge in [-0.1, -0.05) is 60.5 Å². The molecule has 2 heterocycles. The lowest BCUT2D eigenvalue weighted by atomic mass is 10.1. The van der Waals surface area contributed by atoms with Crippen LogP contribution >= 0.6 is 0 Å². The summed E-state index contributed by atoms with van der Waals surface area (Å²) < 4.78 is 38.8. The van der Waals surface area contributed by atoms with Crippen molar-refractivity contribution in [1.29, 1.82) is 0 Å². The summed E-state index contributed by atoms with van der Waals surface area (Å²) in [6, 6.07) is 0. The minimum Gasteiger partial charge on any atom is -0.414 e. The summed E-state index contributed by atoms with van der Waals surface area (Å²) in [6.45, 7) is 18.4. The Kier molecular flexibility index (Phi) is 9.57. The van der Waals surface area contributed by atoms with Gasteiger partial charge in [-0.25, -0.2) is 0 Å². The maximum Gasteiger partial charge on any atom is 0.335 e. The molecule has 0 aliphatic carbocycles. The minimum atomic E-state index is -2.77. The monoisotopic (exact) mass is 475 g/mol. The molecule has 9 nitrogen and oxygen atoms in total. The van der Waals surface area contributed by atoms with Gasteiger partial charge in [0, 0.05) is 18.6 Å². The molecule has 31 heavy (non-hydrogen) atoms. The Morgan fingerprint density at radius 2 is 1.58 bits per heavy atom. The molecule has 180 valence electrons. The van der Waals surface area contributed by atoms with Crippen molar-refractivity contribution in [3.8, 4) is 0 Å². The second-order valence-corrected chi connectivity index (χ2v) is 18.5. The first-order valence-electron chi connectivity index (χ1n) is 11.4. The number of nitrogens with zero attached hydrogens (tertiary/aromatic N) is 3. The van der Waals surface area contributed by atoms with Crippen LogP contribution in [0.5, 0.6) is 0 Å². The van der Waals surface area contributed by atoms with Gasteiger partial charge in [0.05, 0.1) is 13.2 Å². The largest absolute Gasteiger partial charge is 0.414 e. The Bertz CT molecular complexity index is 614. The van der Waals surface area contributed by atoms with E-state index in [1.807, 2.05) is 0 Å². The summed E-state index contributed by atoms with van der Waals surface area (Å²) in [6.07, 6.45) is -1.72. The molecule has 4 atom stereocenters. The summed E-state index contributed by atoms with van der Waals surface area (Å²) in [7, 11) is -3.78. The standard InChI is InChI=1S/C20H41N3O6Si2/c1-13(2)30(14(3)4)26-12-17-18(28-31(29-30,15(5)6)16(7)8)19(20(24-9)27-17)25-11-10-22-23-21/h13-20H,10-12H2,1-9H3/t17-,18-,19-,20-/m1/s1. The number of rotatable bonds is 9. The van der Waals surface area contributed by atoms with Gasteiger partial charge in [0.15, 0.2) is 6.29 Å². The summed E-state index contributed by atoms with van der Waals surface area (Å²) in [4.78, 5) is 2.79. The normalized spacial score (nSPS) is 30.4. The Morgan fingerprint density at radius 3 is 2.06 bits per heavy atom. The number of hydrogen-bond donors (Lipinski definition) is 0. The summed E-state index contributed by atoms with van der Waals surface area (Å²) in [5, 5.41) is 3.56. The Labute approximate surface area is 189 Å². The van der Waals surface area contributed by atoms with Crippen LogP contribution in [0.2, 0.25) is 22.2 Å². The fourth-order valence-corrected chi connectivity index (χ4v) is 16.0. The molecule has 0 aromatic rings. The van der Waals surface area contributed by atoms with E-state index in [0.29, 0.717) is 6.61 Å². The highest BCUT2D eigenvalue weighted by atomic mass is 28.5. The van der Waals surface area contributed by atoms with Crippen LogP contribution < -0.4 is 0 Å². The van der Waals surface area contributed by atoms with Crippen LogP contribution in [0.15, 0.2) is 5.11 Å². The first-order chi connectivity index (χ1) is 14.6. The van der Waals surface area contributed by atoms with E-state index in [1.165, 1.54) is 0 Å². The molecule has 0 spiro atoms. The van der Waals surface area contributed by atoms with Gasteiger partial charge < -0.3 is 27.2 Å². The zero-order chi connectivity index (χ0) is 23.4. The quantitative estimate of drug-likeness (QED) is 0.153. The summed E-state index contributed by atoms with van der Waals surface area (Å²) >= 11 is 0. The third-order valence-corrected chi connectivity index (χ3v) is 16.6. The predicted molar refractivity (Wildman–Crippen MR) is 123 cm³/mol. The van der Waals surface area contributed by atoms with Crippen molar-refractivity contribution in [2.45, 2.75) is 102 Å². The number of fused-ring (bicyclic) bond motifs is 1. The van der Waals surface area contributed by atoms with E-state index in [-0.39, 0.29) is 47.5 Å². The van der Waals surface area contributed by atoms with E-state index in [1.54, 1.807) is 7.11 Å². The predicted octanol–water partition coefficient (Wildman–Crippen LogP) is 5.01. The molecular formula is C20H41N3O6Si2. The van der Waals surface area contributed by atoms with Gasteiger partial charge in [-0.2, -0.15) is 0 Å². The minimum absolute atomic E-state index is 0.213. The first kappa shape index (κ1) is 26.8. The molecule has 0 aromatic heterocycles. The van der Waals surface area contributed by atoms with E-state index in [4.69, 9.17) is 32.7 Å². The third kappa shape index (κ3) is 5.36. The fourth-order valence-electron chi connectivity index (χ4n) is 4.75. The summed E-state index contributed by atoms with van der Waals surface area (Å²) in [5.74, 6) is 0. The van der Waals surface area contributed by atoms with Gasteiger partial charge in [0.25, 0.3) is 0 Å². The number of azide groups is 1. The molecule has 2 saturated heterocycles. The van der Waals surface area contributed by atoms with Crippen molar-refractivity contribution < 1.29 is 27.2 Å². The number of methoxy groups -OCH3 is 1. The van der Waals surface area contributed by atoms with Crippen molar-refractivity contribution in [1.82, 2.24) is 0 Å². The lowest BCUT2D eigenvalue weighted by Gasteiger charge is -2.51. The van der Waals surface area contributed by atoms with Crippen molar-refractivity contribution in [3.63, 3.8) is 0 Å². The first-order valence-corrected chi connectivity index (χ1v) is 15.3. The molecule has 0 aromatic carbocycles.